The summed E-state index contributed by atoms with van der Waals surface area (Å²) in [5.41, 5.74) is 4.08. The van der Waals surface area contributed by atoms with Gasteiger partial charge in [0.15, 0.2) is 0 Å². The standard InChI is InChI=1S/C23H28N4O/c1-3-5-14-28-21-11-7-9-19(16-21)22-12-13-25-23(27-22)26-20-10-6-8-18(15-20)17-24-4-2/h6-13,15-16,24H,3-5,14,17H2,1-2H3,(H,25,26,27). The first kappa shape index (κ1) is 19.8. The Bertz CT molecular complexity index is 882. The fourth-order valence-corrected chi connectivity index (χ4v) is 2.82. The molecule has 0 atom stereocenters. The van der Waals surface area contributed by atoms with Crippen molar-refractivity contribution in [1.29, 1.82) is 0 Å². The van der Waals surface area contributed by atoms with Crippen LogP contribution in [0.5, 0.6) is 5.75 Å². The summed E-state index contributed by atoms with van der Waals surface area (Å²) in [6.45, 7) is 6.79. The maximum Gasteiger partial charge on any atom is 0.227 e. The lowest BCUT2D eigenvalue weighted by atomic mass is 10.1. The molecule has 0 saturated carbocycles. The van der Waals surface area contributed by atoms with E-state index >= 15 is 0 Å². The first-order valence-electron chi connectivity index (χ1n) is 9.91. The van der Waals surface area contributed by atoms with Crippen molar-refractivity contribution >= 4 is 11.6 Å². The Morgan fingerprint density at radius 1 is 1.00 bits per heavy atom. The normalized spacial score (nSPS) is 10.6. The Morgan fingerprint density at radius 2 is 1.89 bits per heavy atom. The third-order valence-corrected chi connectivity index (χ3v) is 4.31. The molecule has 1 aromatic heterocycles. The summed E-state index contributed by atoms with van der Waals surface area (Å²) in [5.74, 6) is 1.45. The molecule has 0 unspecified atom stereocenters. The van der Waals surface area contributed by atoms with Gasteiger partial charge in [0.1, 0.15) is 5.75 Å². The quantitative estimate of drug-likeness (QED) is 0.478. The highest BCUT2D eigenvalue weighted by molar-refractivity contribution is 5.63. The maximum absolute atomic E-state index is 5.81. The van der Waals surface area contributed by atoms with E-state index in [2.05, 4.69) is 46.6 Å². The fraction of sp³-hybridized carbons (Fsp3) is 0.304. The number of hydrogen-bond acceptors (Lipinski definition) is 5. The van der Waals surface area contributed by atoms with Gasteiger partial charge in [0.25, 0.3) is 0 Å². The van der Waals surface area contributed by atoms with Gasteiger partial charge in [-0.2, -0.15) is 0 Å². The van der Waals surface area contributed by atoms with Crippen molar-refractivity contribution in [3.8, 4) is 17.0 Å². The number of nitrogens with one attached hydrogen (secondary N) is 2. The van der Waals surface area contributed by atoms with Gasteiger partial charge in [-0.1, -0.05) is 44.5 Å². The third kappa shape index (κ3) is 5.79. The molecular formula is C23H28N4O. The summed E-state index contributed by atoms with van der Waals surface area (Å²) in [7, 11) is 0. The van der Waals surface area contributed by atoms with E-state index in [1.807, 2.05) is 42.5 Å². The van der Waals surface area contributed by atoms with Crippen LogP contribution in [0.4, 0.5) is 11.6 Å². The van der Waals surface area contributed by atoms with Gasteiger partial charge >= 0.3 is 0 Å². The largest absolute Gasteiger partial charge is 0.494 e. The Labute approximate surface area is 167 Å². The zero-order valence-electron chi connectivity index (χ0n) is 16.6. The number of aromatic nitrogens is 2. The Kier molecular flexibility index (Phi) is 7.38. The van der Waals surface area contributed by atoms with E-state index in [1.54, 1.807) is 6.20 Å². The van der Waals surface area contributed by atoms with Crippen molar-refractivity contribution in [1.82, 2.24) is 15.3 Å². The number of nitrogens with zero attached hydrogens (tertiary/aromatic N) is 2. The molecule has 0 fully saturated rings. The zero-order valence-corrected chi connectivity index (χ0v) is 16.6. The van der Waals surface area contributed by atoms with Gasteiger partial charge in [-0.3, -0.25) is 0 Å². The smallest absolute Gasteiger partial charge is 0.227 e. The predicted octanol–water partition coefficient (Wildman–Crippen LogP) is 5.18. The summed E-state index contributed by atoms with van der Waals surface area (Å²) in [6, 6.07) is 18.2. The fourth-order valence-electron chi connectivity index (χ4n) is 2.82. The average Bonchev–Trinajstić information content (AvgIpc) is 2.73. The van der Waals surface area contributed by atoms with E-state index in [0.29, 0.717) is 5.95 Å². The number of benzene rings is 2. The molecule has 0 bridgehead atoms. The summed E-state index contributed by atoms with van der Waals surface area (Å²) in [5, 5.41) is 6.64. The predicted molar refractivity (Wildman–Crippen MR) is 115 cm³/mol. The van der Waals surface area contributed by atoms with Gasteiger partial charge in [-0.15, -0.1) is 0 Å². The van der Waals surface area contributed by atoms with Gasteiger partial charge in [-0.05, 0) is 48.9 Å². The zero-order chi connectivity index (χ0) is 19.6. The summed E-state index contributed by atoms with van der Waals surface area (Å²) in [6.07, 6.45) is 3.95. The lowest BCUT2D eigenvalue weighted by molar-refractivity contribution is 0.309. The highest BCUT2D eigenvalue weighted by Gasteiger charge is 2.05. The average molecular weight is 377 g/mol. The van der Waals surface area contributed by atoms with Crippen LogP contribution in [0.25, 0.3) is 11.3 Å². The van der Waals surface area contributed by atoms with E-state index in [4.69, 9.17) is 4.74 Å². The number of hydrogen-bond donors (Lipinski definition) is 2. The molecule has 3 rings (SSSR count). The molecule has 146 valence electrons. The van der Waals surface area contributed by atoms with Gasteiger partial charge in [0.05, 0.1) is 12.3 Å². The van der Waals surface area contributed by atoms with Crippen LogP contribution in [0.3, 0.4) is 0 Å². The van der Waals surface area contributed by atoms with E-state index in [9.17, 15) is 0 Å². The lowest BCUT2D eigenvalue weighted by Gasteiger charge is -2.10. The molecule has 1 heterocycles. The molecule has 0 aliphatic rings. The van der Waals surface area contributed by atoms with Gasteiger partial charge in [0, 0.05) is 24.0 Å². The van der Waals surface area contributed by atoms with Crippen LogP contribution in [0.15, 0.2) is 60.8 Å². The van der Waals surface area contributed by atoms with Crippen LogP contribution in [-0.2, 0) is 6.54 Å². The second kappa shape index (κ2) is 10.4. The molecule has 0 amide bonds. The van der Waals surface area contributed by atoms with Crippen molar-refractivity contribution < 1.29 is 4.74 Å². The molecule has 0 aliphatic carbocycles. The lowest BCUT2D eigenvalue weighted by Crippen LogP contribution is -2.11. The molecule has 5 heteroatoms. The molecule has 28 heavy (non-hydrogen) atoms. The van der Waals surface area contributed by atoms with Crippen LogP contribution in [-0.4, -0.2) is 23.1 Å². The van der Waals surface area contributed by atoms with E-state index < -0.39 is 0 Å². The topological polar surface area (TPSA) is 59.1 Å². The number of ether oxygens (including phenoxy) is 1. The number of unbranched alkanes of at least 4 members (excludes halogenated alkanes) is 1. The van der Waals surface area contributed by atoms with Crippen molar-refractivity contribution in [2.45, 2.75) is 33.2 Å². The molecule has 2 N–H and O–H groups in total. The monoisotopic (exact) mass is 376 g/mol. The maximum atomic E-state index is 5.81. The van der Waals surface area contributed by atoms with Crippen molar-refractivity contribution in [2.75, 3.05) is 18.5 Å². The van der Waals surface area contributed by atoms with Crippen molar-refractivity contribution in [2.24, 2.45) is 0 Å². The molecule has 2 aromatic carbocycles. The summed E-state index contributed by atoms with van der Waals surface area (Å²) in [4.78, 5) is 9.04. The molecular weight excluding hydrogens is 348 g/mol. The second-order valence-corrected chi connectivity index (χ2v) is 6.60. The second-order valence-electron chi connectivity index (χ2n) is 6.60. The van der Waals surface area contributed by atoms with E-state index in [-0.39, 0.29) is 0 Å². The number of rotatable bonds is 10. The molecule has 5 nitrogen and oxygen atoms in total. The van der Waals surface area contributed by atoms with Crippen LogP contribution in [0.1, 0.15) is 32.3 Å². The van der Waals surface area contributed by atoms with Gasteiger partial charge in [-0.25, -0.2) is 9.97 Å². The third-order valence-electron chi connectivity index (χ3n) is 4.31. The Balaban J connectivity index is 1.73. The van der Waals surface area contributed by atoms with Crippen molar-refractivity contribution in [3.63, 3.8) is 0 Å². The SMILES string of the molecule is CCCCOc1cccc(-c2ccnc(Nc3cccc(CNCC)c3)n2)c1. The molecule has 0 radical (unpaired) electrons. The van der Waals surface area contributed by atoms with Crippen LogP contribution in [0, 0.1) is 0 Å². The summed E-state index contributed by atoms with van der Waals surface area (Å²) < 4.78 is 5.81. The molecule has 0 spiro atoms. The highest BCUT2D eigenvalue weighted by atomic mass is 16.5. The van der Waals surface area contributed by atoms with Gasteiger partial charge < -0.3 is 15.4 Å². The molecule has 3 aromatic rings. The minimum Gasteiger partial charge on any atom is -0.494 e. The first-order valence-corrected chi connectivity index (χ1v) is 9.91. The van der Waals surface area contributed by atoms with Gasteiger partial charge in [0.2, 0.25) is 5.95 Å². The van der Waals surface area contributed by atoms with Crippen LogP contribution in [0.2, 0.25) is 0 Å². The van der Waals surface area contributed by atoms with Crippen LogP contribution >= 0.6 is 0 Å². The summed E-state index contributed by atoms with van der Waals surface area (Å²) >= 11 is 0. The van der Waals surface area contributed by atoms with E-state index in [1.165, 1.54) is 5.56 Å². The molecule has 0 saturated heterocycles. The Hall–Kier alpha value is -2.92. The number of anilines is 2. The minimum atomic E-state index is 0.579. The minimum absolute atomic E-state index is 0.579. The van der Waals surface area contributed by atoms with E-state index in [0.717, 1.165) is 55.2 Å². The van der Waals surface area contributed by atoms with Crippen LogP contribution < -0.4 is 15.4 Å². The Morgan fingerprint density at radius 3 is 2.75 bits per heavy atom. The first-order chi connectivity index (χ1) is 13.8. The highest BCUT2D eigenvalue weighted by Crippen LogP contribution is 2.24. The van der Waals surface area contributed by atoms with Crippen molar-refractivity contribution in [3.05, 3.63) is 66.4 Å². The molecule has 0 aliphatic heterocycles.